The minimum absolute atomic E-state index is 0.806. The number of ether oxygens (including phenoxy) is 1. The zero-order chi connectivity index (χ0) is 12.4. The van der Waals surface area contributed by atoms with E-state index in [9.17, 15) is 0 Å². The molecule has 0 amide bonds. The highest BCUT2D eigenvalue weighted by atomic mass is 16.5. The summed E-state index contributed by atoms with van der Waals surface area (Å²) < 4.78 is 5.21. The Morgan fingerprint density at radius 3 is 2.56 bits per heavy atom. The summed E-state index contributed by atoms with van der Waals surface area (Å²) in [5, 5.41) is 1.03. The number of hydrogen-bond donors (Lipinski definition) is 0. The summed E-state index contributed by atoms with van der Waals surface area (Å²) in [6.07, 6.45) is 1.59. The molecule has 0 saturated carbocycles. The number of nitrogens with zero attached hydrogens (tertiary/aromatic N) is 2. The predicted octanol–water partition coefficient (Wildman–Crippen LogP) is 3.31. The van der Waals surface area contributed by atoms with Gasteiger partial charge in [-0.15, -0.1) is 0 Å². The number of benzene rings is 2. The van der Waals surface area contributed by atoms with Crippen molar-refractivity contribution < 1.29 is 4.74 Å². The fourth-order valence-electron chi connectivity index (χ4n) is 1.99. The molecule has 3 aromatic rings. The van der Waals surface area contributed by atoms with Crippen LogP contribution in [-0.4, -0.2) is 17.1 Å². The van der Waals surface area contributed by atoms with E-state index in [0.29, 0.717) is 0 Å². The van der Waals surface area contributed by atoms with Gasteiger partial charge in [-0.25, -0.2) is 9.97 Å². The molecular weight excluding hydrogens is 224 g/mol. The number of aromatic nitrogens is 2. The second kappa shape index (κ2) is 4.45. The molecule has 0 fully saturated rings. The van der Waals surface area contributed by atoms with Gasteiger partial charge in [0.15, 0.2) is 0 Å². The maximum absolute atomic E-state index is 5.21. The molecular formula is C15H12N2O. The van der Waals surface area contributed by atoms with Gasteiger partial charge in [-0.2, -0.15) is 0 Å². The number of methoxy groups -OCH3 is 1. The lowest BCUT2D eigenvalue weighted by atomic mass is 10.1. The summed E-state index contributed by atoms with van der Waals surface area (Å²) in [6, 6.07) is 16.0. The van der Waals surface area contributed by atoms with Crippen molar-refractivity contribution in [1.29, 1.82) is 0 Å². The molecule has 0 spiro atoms. The minimum Gasteiger partial charge on any atom is -0.497 e. The molecule has 3 heteroatoms. The van der Waals surface area contributed by atoms with Crippen LogP contribution in [0.15, 0.2) is 54.9 Å². The molecule has 1 aromatic heterocycles. The van der Waals surface area contributed by atoms with Crippen LogP contribution in [0.3, 0.4) is 0 Å². The Morgan fingerprint density at radius 2 is 1.78 bits per heavy atom. The van der Waals surface area contributed by atoms with Crippen molar-refractivity contribution in [1.82, 2.24) is 9.97 Å². The first-order valence-electron chi connectivity index (χ1n) is 5.72. The molecule has 0 aliphatic heterocycles. The molecule has 0 saturated heterocycles. The van der Waals surface area contributed by atoms with Gasteiger partial charge in [0.05, 0.1) is 18.3 Å². The summed E-state index contributed by atoms with van der Waals surface area (Å²) >= 11 is 0. The van der Waals surface area contributed by atoms with Gasteiger partial charge in [0, 0.05) is 17.0 Å². The van der Waals surface area contributed by atoms with Gasteiger partial charge < -0.3 is 4.74 Å². The highest BCUT2D eigenvalue weighted by Crippen LogP contribution is 2.27. The van der Waals surface area contributed by atoms with Gasteiger partial charge in [-0.05, 0) is 12.1 Å². The Morgan fingerprint density at radius 1 is 0.944 bits per heavy atom. The van der Waals surface area contributed by atoms with Gasteiger partial charge in [-0.3, -0.25) is 0 Å². The maximum Gasteiger partial charge on any atom is 0.121 e. The summed E-state index contributed by atoms with van der Waals surface area (Å²) in [5.74, 6) is 0.806. The molecule has 88 valence electrons. The first-order chi connectivity index (χ1) is 8.88. The van der Waals surface area contributed by atoms with E-state index in [1.807, 2.05) is 48.5 Å². The number of rotatable bonds is 2. The molecule has 2 aromatic carbocycles. The van der Waals surface area contributed by atoms with E-state index < -0.39 is 0 Å². The summed E-state index contributed by atoms with van der Waals surface area (Å²) in [6.45, 7) is 0. The first-order valence-corrected chi connectivity index (χ1v) is 5.72. The standard InChI is InChI=1S/C15H12N2O/c1-18-12-7-8-13-14(9-12)16-10-17-15(13)11-5-3-2-4-6-11/h2-10H,1H3. The van der Waals surface area contributed by atoms with E-state index in [1.165, 1.54) is 0 Å². The maximum atomic E-state index is 5.21. The Hall–Kier alpha value is -2.42. The van der Waals surface area contributed by atoms with Crippen LogP contribution in [0.1, 0.15) is 0 Å². The van der Waals surface area contributed by atoms with E-state index in [-0.39, 0.29) is 0 Å². The van der Waals surface area contributed by atoms with Crippen molar-refractivity contribution in [3.8, 4) is 17.0 Å². The molecule has 0 radical (unpaired) electrons. The zero-order valence-electron chi connectivity index (χ0n) is 10.00. The van der Waals surface area contributed by atoms with E-state index in [2.05, 4.69) is 9.97 Å². The third-order valence-electron chi connectivity index (χ3n) is 2.89. The van der Waals surface area contributed by atoms with Crippen LogP contribution in [0.25, 0.3) is 22.2 Å². The van der Waals surface area contributed by atoms with Gasteiger partial charge >= 0.3 is 0 Å². The Bertz CT molecular complexity index is 680. The average Bonchev–Trinajstić information content (AvgIpc) is 2.47. The summed E-state index contributed by atoms with van der Waals surface area (Å²) in [7, 11) is 1.65. The van der Waals surface area contributed by atoms with Crippen molar-refractivity contribution in [2.45, 2.75) is 0 Å². The van der Waals surface area contributed by atoms with E-state index >= 15 is 0 Å². The van der Waals surface area contributed by atoms with E-state index in [4.69, 9.17) is 4.74 Å². The predicted molar refractivity (Wildman–Crippen MR) is 71.5 cm³/mol. The van der Waals surface area contributed by atoms with Crippen molar-refractivity contribution >= 4 is 10.9 Å². The monoisotopic (exact) mass is 236 g/mol. The van der Waals surface area contributed by atoms with Gasteiger partial charge in [-0.1, -0.05) is 30.3 Å². The fraction of sp³-hybridized carbons (Fsp3) is 0.0667. The minimum atomic E-state index is 0.806. The quantitative estimate of drug-likeness (QED) is 0.684. The smallest absolute Gasteiger partial charge is 0.121 e. The summed E-state index contributed by atoms with van der Waals surface area (Å²) in [4.78, 5) is 8.67. The van der Waals surface area contributed by atoms with E-state index in [1.54, 1.807) is 13.4 Å². The SMILES string of the molecule is COc1ccc2c(-c3ccccc3)ncnc2c1. The molecule has 3 rings (SSSR count). The van der Waals surface area contributed by atoms with E-state index in [0.717, 1.165) is 27.9 Å². The Kier molecular flexibility index (Phi) is 2.65. The van der Waals surface area contributed by atoms with Crippen LogP contribution in [0.4, 0.5) is 0 Å². The normalized spacial score (nSPS) is 10.5. The van der Waals surface area contributed by atoms with Crippen LogP contribution in [0, 0.1) is 0 Å². The lowest BCUT2D eigenvalue weighted by Gasteiger charge is -2.06. The third-order valence-corrected chi connectivity index (χ3v) is 2.89. The molecule has 0 atom stereocenters. The molecule has 0 bridgehead atoms. The summed E-state index contributed by atoms with van der Waals surface area (Å²) in [5.41, 5.74) is 2.93. The topological polar surface area (TPSA) is 35.0 Å². The molecule has 0 N–H and O–H groups in total. The lowest BCUT2D eigenvalue weighted by Crippen LogP contribution is -1.90. The molecule has 18 heavy (non-hydrogen) atoms. The van der Waals surface area contributed by atoms with Crippen LogP contribution >= 0.6 is 0 Å². The van der Waals surface area contributed by atoms with Crippen molar-refractivity contribution in [3.05, 3.63) is 54.9 Å². The Labute approximate surface area is 105 Å². The number of fused-ring (bicyclic) bond motifs is 1. The second-order valence-corrected chi connectivity index (χ2v) is 3.97. The van der Waals surface area contributed by atoms with Gasteiger partial charge in [0.2, 0.25) is 0 Å². The van der Waals surface area contributed by atoms with Crippen molar-refractivity contribution in [2.24, 2.45) is 0 Å². The van der Waals surface area contributed by atoms with Crippen LogP contribution in [0.5, 0.6) is 5.75 Å². The fourth-order valence-corrected chi connectivity index (χ4v) is 1.99. The molecule has 0 unspecified atom stereocenters. The van der Waals surface area contributed by atoms with Crippen LogP contribution in [0.2, 0.25) is 0 Å². The molecule has 0 aliphatic rings. The largest absolute Gasteiger partial charge is 0.497 e. The van der Waals surface area contributed by atoms with Crippen LogP contribution < -0.4 is 4.74 Å². The number of hydrogen-bond acceptors (Lipinski definition) is 3. The Balaban J connectivity index is 2.25. The highest BCUT2D eigenvalue weighted by molar-refractivity contribution is 5.92. The van der Waals surface area contributed by atoms with Crippen molar-refractivity contribution in [3.63, 3.8) is 0 Å². The lowest BCUT2D eigenvalue weighted by molar-refractivity contribution is 0.415. The zero-order valence-corrected chi connectivity index (χ0v) is 10.00. The molecule has 3 nitrogen and oxygen atoms in total. The second-order valence-electron chi connectivity index (χ2n) is 3.97. The van der Waals surface area contributed by atoms with Gasteiger partial charge in [0.25, 0.3) is 0 Å². The third kappa shape index (κ3) is 1.80. The highest BCUT2D eigenvalue weighted by Gasteiger charge is 2.06. The van der Waals surface area contributed by atoms with Crippen LogP contribution in [-0.2, 0) is 0 Å². The molecule has 1 heterocycles. The first kappa shape index (κ1) is 10.7. The van der Waals surface area contributed by atoms with Gasteiger partial charge in [0.1, 0.15) is 12.1 Å². The molecule has 0 aliphatic carbocycles. The average molecular weight is 236 g/mol. The van der Waals surface area contributed by atoms with Crippen molar-refractivity contribution in [2.75, 3.05) is 7.11 Å².